The van der Waals surface area contributed by atoms with Crippen LogP contribution in [0.25, 0.3) is 0 Å². The van der Waals surface area contributed by atoms with Crippen molar-refractivity contribution in [2.24, 2.45) is 5.73 Å². The second-order valence-corrected chi connectivity index (χ2v) is 6.80. The zero-order valence-corrected chi connectivity index (χ0v) is 15.7. The molecule has 0 unspecified atom stereocenters. The van der Waals surface area contributed by atoms with E-state index in [4.69, 9.17) is 28.9 Å². The van der Waals surface area contributed by atoms with Crippen LogP contribution in [0.2, 0.25) is 10.0 Å². The van der Waals surface area contributed by atoms with Crippen LogP contribution in [0.3, 0.4) is 0 Å². The molecule has 138 valence electrons. The summed E-state index contributed by atoms with van der Waals surface area (Å²) < 4.78 is 13.7. The smallest absolute Gasteiger partial charge is 0.282 e. The van der Waals surface area contributed by atoms with E-state index in [-0.39, 0.29) is 17.0 Å². The highest BCUT2D eigenvalue weighted by Gasteiger charge is 2.23. The van der Waals surface area contributed by atoms with Gasteiger partial charge in [0.1, 0.15) is 11.9 Å². The molecule has 0 bridgehead atoms. The molecule has 0 aliphatic carbocycles. The predicted molar refractivity (Wildman–Crippen MR) is 99.8 cm³/mol. The Balaban J connectivity index is 2.02. The molecule has 0 saturated carbocycles. The SMILES string of the molecule is C[C@H]([NH2+][C@@H](C)c1cc(F)c(Cl)cc1Cl)C(=O)Nc1ccc(C(N)=O)cc1. The minimum atomic E-state index is -0.557. The number of hydrogen-bond donors (Lipinski definition) is 3. The predicted octanol–water partition coefficient (Wildman–Crippen LogP) is 2.88. The highest BCUT2D eigenvalue weighted by atomic mass is 35.5. The Labute approximate surface area is 160 Å². The first-order chi connectivity index (χ1) is 12.2. The maximum Gasteiger partial charge on any atom is 0.282 e. The van der Waals surface area contributed by atoms with Gasteiger partial charge in [-0.05, 0) is 50.2 Å². The monoisotopic (exact) mass is 398 g/mol. The van der Waals surface area contributed by atoms with Gasteiger partial charge in [-0.1, -0.05) is 23.2 Å². The number of primary amides is 1. The first-order valence-corrected chi connectivity index (χ1v) is 8.64. The minimum Gasteiger partial charge on any atom is -0.366 e. The topological polar surface area (TPSA) is 88.8 Å². The molecule has 8 heteroatoms. The molecule has 5 N–H and O–H groups in total. The van der Waals surface area contributed by atoms with Crippen LogP contribution in [-0.4, -0.2) is 17.9 Å². The van der Waals surface area contributed by atoms with Crippen molar-refractivity contribution in [1.29, 1.82) is 0 Å². The van der Waals surface area contributed by atoms with E-state index < -0.39 is 17.8 Å². The summed E-state index contributed by atoms with van der Waals surface area (Å²) in [6.07, 6.45) is 0. The van der Waals surface area contributed by atoms with Crippen molar-refractivity contribution in [1.82, 2.24) is 0 Å². The molecule has 0 aliphatic heterocycles. The minimum absolute atomic E-state index is 0.0452. The average Bonchev–Trinajstić information content (AvgIpc) is 2.58. The third-order valence-corrected chi connectivity index (χ3v) is 4.58. The Morgan fingerprint density at radius 1 is 1.12 bits per heavy atom. The van der Waals surface area contributed by atoms with Crippen molar-refractivity contribution >= 4 is 40.7 Å². The lowest BCUT2D eigenvalue weighted by Gasteiger charge is -2.18. The van der Waals surface area contributed by atoms with E-state index in [0.717, 1.165) is 0 Å². The van der Waals surface area contributed by atoms with E-state index in [2.05, 4.69) is 5.32 Å². The van der Waals surface area contributed by atoms with Gasteiger partial charge in [0.2, 0.25) is 5.91 Å². The van der Waals surface area contributed by atoms with Gasteiger partial charge in [-0.25, -0.2) is 4.39 Å². The van der Waals surface area contributed by atoms with Crippen LogP contribution in [0.5, 0.6) is 0 Å². The molecular formula is C18H19Cl2FN3O2+. The molecule has 0 fully saturated rings. The molecule has 5 nitrogen and oxygen atoms in total. The molecule has 2 atom stereocenters. The quantitative estimate of drug-likeness (QED) is 0.653. The van der Waals surface area contributed by atoms with Crippen LogP contribution >= 0.6 is 23.2 Å². The number of carbonyl (C=O) groups excluding carboxylic acids is 2. The van der Waals surface area contributed by atoms with E-state index in [9.17, 15) is 14.0 Å². The molecule has 26 heavy (non-hydrogen) atoms. The van der Waals surface area contributed by atoms with Crippen molar-refractivity contribution in [2.45, 2.75) is 25.9 Å². The van der Waals surface area contributed by atoms with Crippen molar-refractivity contribution in [3.63, 3.8) is 0 Å². The lowest BCUT2D eigenvalue weighted by molar-refractivity contribution is -0.709. The summed E-state index contributed by atoms with van der Waals surface area (Å²) in [6, 6.07) is 8.17. The molecule has 0 aromatic heterocycles. The van der Waals surface area contributed by atoms with E-state index in [1.807, 2.05) is 6.92 Å². The van der Waals surface area contributed by atoms with Gasteiger partial charge < -0.3 is 16.4 Å². The number of amides is 2. The Morgan fingerprint density at radius 2 is 1.73 bits per heavy atom. The number of carbonyl (C=O) groups is 2. The molecule has 2 rings (SSSR count). The lowest BCUT2D eigenvalue weighted by Crippen LogP contribution is -2.91. The van der Waals surface area contributed by atoms with Crippen molar-refractivity contribution in [2.75, 3.05) is 5.32 Å². The number of nitrogens with one attached hydrogen (secondary N) is 1. The van der Waals surface area contributed by atoms with Crippen LogP contribution in [0, 0.1) is 5.82 Å². The van der Waals surface area contributed by atoms with E-state index in [1.165, 1.54) is 24.3 Å². The fourth-order valence-corrected chi connectivity index (χ4v) is 3.04. The molecular weight excluding hydrogens is 380 g/mol. The van der Waals surface area contributed by atoms with Gasteiger partial charge in [-0.2, -0.15) is 0 Å². The summed E-state index contributed by atoms with van der Waals surface area (Å²) >= 11 is 11.8. The molecule has 2 aromatic rings. The number of nitrogens with two attached hydrogens (primary N) is 2. The maximum atomic E-state index is 13.7. The van der Waals surface area contributed by atoms with Crippen LogP contribution in [0.1, 0.15) is 35.8 Å². The van der Waals surface area contributed by atoms with Gasteiger partial charge in [0.15, 0.2) is 6.04 Å². The molecule has 0 heterocycles. The first-order valence-electron chi connectivity index (χ1n) is 7.89. The summed E-state index contributed by atoms with van der Waals surface area (Å²) in [5.41, 5.74) is 6.64. The third-order valence-electron chi connectivity index (χ3n) is 3.96. The molecule has 0 saturated heterocycles. The first kappa shape index (κ1) is 20.2. The zero-order valence-electron chi connectivity index (χ0n) is 14.2. The van der Waals surface area contributed by atoms with Crippen LogP contribution in [0.15, 0.2) is 36.4 Å². The van der Waals surface area contributed by atoms with Gasteiger partial charge in [0.05, 0.1) is 10.0 Å². The third kappa shape index (κ3) is 4.94. The standard InChI is InChI=1S/C18H18Cl2FN3O2/c1-9(13-7-16(21)15(20)8-14(13)19)23-10(2)18(26)24-12-5-3-11(4-6-12)17(22)25/h3-10,23H,1-2H3,(H2,22,25)(H,24,26)/p+1/t9-,10-/m0/s1. The van der Waals surface area contributed by atoms with E-state index in [1.54, 1.807) is 24.4 Å². The number of benzene rings is 2. The molecule has 0 spiro atoms. The summed E-state index contributed by atoms with van der Waals surface area (Å²) in [4.78, 5) is 23.4. The number of hydrogen-bond acceptors (Lipinski definition) is 2. The Morgan fingerprint density at radius 3 is 2.31 bits per heavy atom. The Bertz CT molecular complexity index is 828. The largest absolute Gasteiger partial charge is 0.366 e. The van der Waals surface area contributed by atoms with Crippen LogP contribution < -0.4 is 16.4 Å². The van der Waals surface area contributed by atoms with Crippen molar-refractivity contribution < 1.29 is 19.3 Å². The number of anilines is 1. The van der Waals surface area contributed by atoms with Gasteiger partial charge in [0.25, 0.3) is 5.91 Å². The highest BCUT2D eigenvalue weighted by molar-refractivity contribution is 6.35. The summed E-state index contributed by atoms with van der Waals surface area (Å²) in [7, 11) is 0. The molecule has 0 radical (unpaired) electrons. The number of quaternary nitrogens is 1. The maximum absolute atomic E-state index is 13.7. The van der Waals surface area contributed by atoms with Gasteiger partial charge in [0, 0.05) is 16.8 Å². The fraction of sp³-hybridized carbons (Fsp3) is 0.222. The molecule has 2 amide bonds. The lowest BCUT2D eigenvalue weighted by atomic mass is 10.1. The van der Waals surface area contributed by atoms with Crippen LogP contribution in [-0.2, 0) is 4.79 Å². The average molecular weight is 399 g/mol. The Kier molecular flexibility index (Phi) is 6.58. The highest BCUT2D eigenvalue weighted by Crippen LogP contribution is 2.27. The normalized spacial score (nSPS) is 13.1. The van der Waals surface area contributed by atoms with Gasteiger partial charge in [-0.15, -0.1) is 0 Å². The van der Waals surface area contributed by atoms with Gasteiger partial charge in [-0.3, -0.25) is 9.59 Å². The summed E-state index contributed by atoms with van der Waals surface area (Å²) in [5, 5.41) is 4.81. The fourth-order valence-electron chi connectivity index (χ4n) is 2.48. The molecule has 0 aliphatic rings. The van der Waals surface area contributed by atoms with Gasteiger partial charge >= 0.3 is 0 Å². The van der Waals surface area contributed by atoms with E-state index in [0.29, 0.717) is 21.8 Å². The Hall–Kier alpha value is -2.15. The summed E-state index contributed by atoms with van der Waals surface area (Å²) in [5.74, 6) is -1.34. The van der Waals surface area contributed by atoms with Crippen molar-refractivity contribution in [3.8, 4) is 0 Å². The second-order valence-electron chi connectivity index (χ2n) is 5.99. The number of rotatable bonds is 6. The number of halogens is 3. The molecule has 2 aromatic carbocycles. The van der Waals surface area contributed by atoms with Crippen molar-refractivity contribution in [3.05, 3.63) is 63.4 Å². The zero-order chi connectivity index (χ0) is 19.4. The van der Waals surface area contributed by atoms with E-state index >= 15 is 0 Å². The van der Waals surface area contributed by atoms with Crippen LogP contribution in [0.4, 0.5) is 10.1 Å². The summed E-state index contributed by atoms with van der Waals surface area (Å²) in [6.45, 7) is 3.55. The second kappa shape index (κ2) is 8.49.